The van der Waals surface area contributed by atoms with Crippen molar-refractivity contribution in [1.82, 2.24) is 0 Å². The minimum absolute atomic E-state index is 0.0165. The number of carbonyl (C=O) groups excluding carboxylic acids is 2. The Bertz CT molecular complexity index is 1670. The summed E-state index contributed by atoms with van der Waals surface area (Å²) in [6, 6.07) is 29.0. The zero-order chi connectivity index (χ0) is 29.7. The number of halogens is 1. The molecular formula is C38H36ClNO2. The Kier molecular flexibility index (Phi) is 5.92. The number of amides is 2. The topological polar surface area (TPSA) is 37.4 Å². The quantitative estimate of drug-likeness (QED) is 0.224. The maximum atomic E-state index is 14.4. The zero-order valence-corrected chi connectivity index (χ0v) is 25.8. The number of nitrogens with zero attached hydrogens (tertiary/aromatic N) is 1. The third kappa shape index (κ3) is 4.01. The first kappa shape index (κ1) is 27.2. The van der Waals surface area contributed by atoms with E-state index in [9.17, 15) is 9.59 Å². The molecule has 3 aliphatic carbocycles. The Morgan fingerprint density at radius 2 is 0.952 bits per heavy atom. The van der Waals surface area contributed by atoms with Crippen LogP contribution in [-0.4, -0.2) is 11.8 Å². The average molecular weight is 574 g/mol. The predicted molar refractivity (Wildman–Crippen MR) is 170 cm³/mol. The van der Waals surface area contributed by atoms with Crippen LogP contribution in [0, 0.1) is 11.8 Å². The summed E-state index contributed by atoms with van der Waals surface area (Å²) in [4.78, 5) is 30.2. The van der Waals surface area contributed by atoms with Gasteiger partial charge in [-0.2, -0.15) is 0 Å². The molecule has 0 N–H and O–H groups in total. The molecule has 1 aliphatic heterocycles. The molecule has 0 spiro atoms. The molecule has 2 amide bonds. The molecule has 1 heterocycles. The molecule has 42 heavy (non-hydrogen) atoms. The molecule has 0 saturated carbocycles. The van der Waals surface area contributed by atoms with Gasteiger partial charge in [-0.3, -0.25) is 9.59 Å². The lowest BCUT2D eigenvalue weighted by Crippen LogP contribution is -2.42. The lowest BCUT2D eigenvalue weighted by atomic mass is 9.54. The molecule has 4 atom stereocenters. The molecule has 4 aromatic carbocycles. The maximum Gasteiger partial charge on any atom is 0.238 e. The van der Waals surface area contributed by atoms with Crippen molar-refractivity contribution in [3.63, 3.8) is 0 Å². The Balaban J connectivity index is 1.34. The van der Waals surface area contributed by atoms with E-state index in [4.69, 9.17) is 11.6 Å². The van der Waals surface area contributed by atoms with E-state index >= 15 is 0 Å². The molecule has 1 fully saturated rings. The Morgan fingerprint density at radius 1 is 0.548 bits per heavy atom. The maximum absolute atomic E-state index is 14.4. The molecule has 4 unspecified atom stereocenters. The second-order valence-electron chi connectivity index (χ2n) is 14.3. The van der Waals surface area contributed by atoms with E-state index in [0.717, 1.165) is 11.1 Å². The van der Waals surface area contributed by atoms with Crippen molar-refractivity contribution >= 4 is 29.1 Å². The molecule has 4 aromatic rings. The van der Waals surface area contributed by atoms with Crippen LogP contribution in [0.1, 0.15) is 86.8 Å². The van der Waals surface area contributed by atoms with Gasteiger partial charge in [-0.05, 0) is 79.6 Å². The summed E-state index contributed by atoms with van der Waals surface area (Å²) >= 11 is 6.08. The van der Waals surface area contributed by atoms with Crippen molar-refractivity contribution in [2.45, 2.75) is 64.2 Å². The van der Waals surface area contributed by atoms with Crippen LogP contribution in [0.4, 0.5) is 5.69 Å². The Labute approximate surface area is 253 Å². The van der Waals surface area contributed by atoms with Gasteiger partial charge in [0.1, 0.15) is 0 Å². The van der Waals surface area contributed by atoms with Gasteiger partial charge >= 0.3 is 0 Å². The van der Waals surface area contributed by atoms with Gasteiger partial charge in [0.15, 0.2) is 0 Å². The van der Waals surface area contributed by atoms with Crippen molar-refractivity contribution in [2.75, 3.05) is 4.90 Å². The second-order valence-corrected chi connectivity index (χ2v) is 14.7. The SMILES string of the molecule is CC(C)(C)c1ccc2c(c1)C1c3ccc(C(C)(C)C)cc3C2C2C(=O)N(c3ccc(-c4ccc(Cl)cc4)cc3)C(=O)C12. The molecule has 4 aliphatic rings. The zero-order valence-electron chi connectivity index (χ0n) is 25.0. The molecule has 3 nitrogen and oxygen atoms in total. The van der Waals surface area contributed by atoms with Crippen LogP contribution in [0.2, 0.25) is 5.02 Å². The molecule has 212 valence electrons. The van der Waals surface area contributed by atoms with E-state index in [1.807, 2.05) is 48.5 Å². The van der Waals surface area contributed by atoms with Crippen LogP contribution in [0.3, 0.4) is 0 Å². The standard InChI is InChI=1S/C38H36ClNO2/c1-37(2,3)23-11-17-27-29(19-23)31-28-18-12-24(38(4,5)6)20-30(28)32(27)34-33(31)35(41)40(36(34)42)26-15-9-22(10-16-26)21-7-13-25(39)14-8-21/h7-20,31-34H,1-6H3. The third-order valence-electron chi connectivity index (χ3n) is 9.67. The van der Waals surface area contributed by atoms with Gasteiger partial charge in [-0.15, -0.1) is 0 Å². The van der Waals surface area contributed by atoms with Crippen LogP contribution >= 0.6 is 11.6 Å². The first-order valence-electron chi connectivity index (χ1n) is 14.9. The summed E-state index contributed by atoms with van der Waals surface area (Å²) in [5.74, 6) is -1.27. The number of anilines is 1. The number of rotatable bonds is 2. The normalized spacial score (nSPS) is 22.7. The van der Waals surface area contributed by atoms with Crippen molar-refractivity contribution < 1.29 is 9.59 Å². The molecular weight excluding hydrogens is 538 g/mol. The van der Waals surface area contributed by atoms with Crippen LogP contribution in [0.5, 0.6) is 0 Å². The number of benzene rings is 4. The van der Waals surface area contributed by atoms with E-state index in [1.54, 1.807) is 0 Å². The smallest absolute Gasteiger partial charge is 0.238 e. The first-order valence-corrected chi connectivity index (χ1v) is 15.2. The highest BCUT2D eigenvalue weighted by Gasteiger charge is 2.62. The Hall–Kier alpha value is -3.69. The molecule has 1 saturated heterocycles. The summed E-state index contributed by atoms with van der Waals surface area (Å²) in [6.07, 6.45) is 0. The van der Waals surface area contributed by atoms with Crippen molar-refractivity contribution in [1.29, 1.82) is 0 Å². The lowest BCUT2D eigenvalue weighted by molar-refractivity contribution is -0.122. The van der Waals surface area contributed by atoms with Crippen molar-refractivity contribution in [3.05, 3.63) is 123 Å². The van der Waals surface area contributed by atoms with Crippen LogP contribution in [0.15, 0.2) is 84.9 Å². The van der Waals surface area contributed by atoms with Gasteiger partial charge in [0, 0.05) is 16.9 Å². The molecule has 4 heteroatoms. The van der Waals surface area contributed by atoms with Gasteiger partial charge in [0.25, 0.3) is 0 Å². The highest BCUT2D eigenvalue weighted by atomic mass is 35.5. The number of carbonyl (C=O) groups is 2. The average Bonchev–Trinajstić information content (AvgIpc) is 3.22. The molecule has 0 aromatic heterocycles. The fourth-order valence-electron chi connectivity index (χ4n) is 7.41. The van der Waals surface area contributed by atoms with Gasteiger partial charge in [-0.1, -0.05) is 114 Å². The number of imide groups is 1. The summed E-state index contributed by atoms with van der Waals surface area (Å²) < 4.78 is 0. The summed E-state index contributed by atoms with van der Waals surface area (Å²) in [7, 11) is 0. The largest absolute Gasteiger partial charge is 0.274 e. The highest BCUT2D eigenvalue weighted by molar-refractivity contribution is 6.30. The van der Waals surface area contributed by atoms with Crippen molar-refractivity contribution in [2.24, 2.45) is 11.8 Å². The molecule has 2 bridgehead atoms. The monoisotopic (exact) mass is 573 g/mol. The summed E-state index contributed by atoms with van der Waals surface area (Å²) in [5.41, 5.74) is 9.99. The van der Waals surface area contributed by atoms with E-state index in [1.165, 1.54) is 38.3 Å². The summed E-state index contributed by atoms with van der Waals surface area (Å²) in [6.45, 7) is 13.3. The first-order chi connectivity index (χ1) is 19.8. The highest BCUT2D eigenvalue weighted by Crippen LogP contribution is 2.62. The van der Waals surface area contributed by atoms with E-state index in [2.05, 4.69) is 77.9 Å². The van der Waals surface area contributed by atoms with Crippen LogP contribution in [-0.2, 0) is 20.4 Å². The fourth-order valence-corrected chi connectivity index (χ4v) is 7.54. The Morgan fingerprint density at radius 3 is 1.36 bits per heavy atom. The minimum Gasteiger partial charge on any atom is -0.274 e. The van der Waals surface area contributed by atoms with Gasteiger partial charge in [0.2, 0.25) is 11.8 Å². The number of hydrogen-bond acceptors (Lipinski definition) is 2. The predicted octanol–water partition coefficient (Wildman–Crippen LogP) is 9.00. The van der Waals surface area contributed by atoms with Crippen LogP contribution < -0.4 is 4.90 Å². The van der Waals surface area contributed by atoms with E-state index in [-0.39, 0.29) is 34.5 Å². The third-order valence-corrected chi connectivity index (χ3v) is 9.92. The van der Waals surface area contributed by atoms with Crippen LogP contribution in [0.25, 0.3) is 11.1 Å². The molecule has 0 radical (unpaired) electrons. The molecule has 8 rings (SSSR count). The number of hydrogen-bond donors (Lipinski definition) is 0. The second kappa shape index (κ2) is 9.15. The van der Waals surface area contributed by atoms with Gasteiger partial charge in [-0.25, -0.2) is 4.90 Å². The van der Waals surface area contributed by atoms with Crippen molar-refractivity contribution in [3.8, 4) is 11.1 Å². The van der Waals surface area contributed by atoms with E-state index in [0.29, 0.717) is 10.7 Å². The minimum atomic E-state index is -0.408. The van der Waals surface area contributed by atoms with Gasteiger partial charge in [0.05, 0.1) is 17.5 Å². The van der Waals surface area contributed by atoms with E-state index < -0.39 is 11.8 Å². The van der Waals surface area contributed by atoms with Gasteiger partial charge < -0.3 is 0 Å². The fraction of sp³-hybridized carbons (Fsp3) is 0.316. The summed E-state index contributed by atoms with van der Waals surface area (Å²) in [5, 5.41) is 0.687. The lowest BCUT2D eigenvalue weighted by Gasteiger charge is -2.47.